The van der Waals surface area contributed by atoms with E-state index in [1.165, 1.54) is 64.2 Å². The molecule has 59 heavy (non-hydrogen) atoms. The minimum atomic E-state index is -0.886. The van der Waals surface area contributed by atoms with Crippen LogP contribution in [-0.2, 0) is 4.79 Å². The van der Waals surface area contributed by atoms with Crippen LogP contribution in [0, 0.1) is 0 Å². The maximum atomic E-state index is 12.4. The van der Waals surface area contributed by atoms with Crippen LogP contribution in [0.5, 0.6) is 0 Å². The third kappa shape index (κ3) is 45.5. The Morgan fingerprint density at radius 2 is 0.763 bits per heavy atom. The minimum Gasteiger partial charge on any atom is -0.394 e. The van der Waals surface area contributed by atoms with Gasteiger partial charge in [-0.2, -0.15) is 0 Å². The molecule has 2 atom stereocenters. The van der Waals surface area contributed by atoms with E-state index >= 15 is 0 Å². The fourth-order valence-corrected chi connectivity index (χ4v) is 6.22. The number of allylic oxidation sites excluding steroid dienone is 21. The van der Waals surface area contributed by atoms with Gasteiger partial charge in [0.1, 0.15) is 0 Å². The van der Waals surface area contributed by atoms with Crippen LogP contribution < -0.4 is 5.32 Å². The second-order valence-corrected chi connectivity index (χ2v) is 15.4. The van der Waals surface area contributed by atoms with Gasteiger partial charge in [-0.1, -0.05) is 205 Å². The quantitative estimate of drug-likeness (QED) is 0.0425. The lowest BCUT2D eigenvalue weighted by molar-refractivity contribution is -0.123. The molecule has 0 aromatic carbocycles. The van der Waals surface area contributed by atoms with E-state index < -0.39 is 12.1 Å². The van der Waals surface area contributed by atoms with Crippen LogP contribution in [0.15, 0.2) is 134 Å². The van der Waals surface area contributed by atoms with Gasteiger partial charge in [-0.25, -0.2) is 0 Å². The molecule has 1 amide bonds. The predicted molar refractivity (Wildman–Crippen MR) is 262 cm³/mol. The lowest BCUT2D eigenvalue weighted by Crippen LogP contribution is -2.45. The molecule has 0 bridgehead atoms. The number of carbonyl (C=O) groups is 1. The number of aliphatic hydroxyl groups is 2. The van der Waals surface area contributed by atoms with Crippen molar-refractivity contribution in [3.63, 3.8) is 0 Å². The lowest BCUT2D eigenvalue weighted by atomic mass is 10.1. The van der Waals surface area contributed by atoms with Crippen molar-refractivity contribution < 1.29 is 15.0 Å². The first-order valence-electron chi connectivity index (χ1n) is 23.9. The zero-order chi connectivity index (χ0) is 42.8. The van der Waals surface area contributed by atoms with Crippen LogP contribution >= 0.6 is 0 Å². The van der Waals surface area contributed by atoms with Crippen LogP contribution in [0.3, 0.4) is 0 Å². The zero-order valence-corrected chi connectivity index (χ0v) is 38.0. The van der Waals surface area contributed by atoms with Gasteiger partial charge < -0.3 is 15.5 Å². The summed E-state index contributed by atoms with van der Waals surface area (Å²) < 4.78 is 0. The van der Waals surface area contributed by atoms with Gasteiger partial charge in [-0.05, 0) is 109 Å². The summed E-state index contributed by atoms with van der Waals surface area (Å²) in [5.41, 5.74) is 0. The maximum Gasteiger partial charge on any atom is 0.220 e. The van der Waals surface area contributed by atoms with Crippen LogP contribution in [0.2, 0.25) is 0 Å². The minimum absolute atomic E-state index is 0.1000. The Morgan fingerprint density at radius 1 is 0.424 bits per heavy atom. The molecule has 0 radical (unpaired) electrons. The summed E-state index contributed by atoms with van der Waals surface area (Å²) in [5.74, 6) is -0.1000. The molecule has 0 heterocycles. The highest BCUT2D eigenvalue weighted by atomic mass is 16.3. The molecule has 0 aromatic heterocycles. The average molecular weight is 812 g/mol. The number of hydrogen-bond donors (Lipinski definition) is 3. The van der Waals surface area contributed by atoms with E-state index in [2.05, 4.69) is 141 Å². The molecule has 332 valence electrons. The Bertz CT molecular complexity index is 1240. The summed E-state index contributed by atoms with van der Waals surface area (Å²) in [4.78, 5) is 12.4. The van der Waals surface area contributed by atoms with Crippen molar-refractivity contribution in [2.24, 2.45) is 0 Å². The standard InChI is InChI=1S/C55H89NO3/c1-3-5-7-9-11-13-15-17-19-21-22-23-24-25-26-27-28-29-30-31-32-33-34-35-37-39-41-43-45-47-49-51-55(59)56-53(52-57)54(58)50-48-46-44-42-40-38-36-20-18-16-14-12-10-8-6-4-2/h5,7,11,13,17-20,22-23,25-26,28-29,31-32,34-35,40,42,48,50,53-54,57-58H,3-4,6,8-10,12,14-16,21,24,27,30,33,36-39,41,43-47,49,51-52H2,1-2H3,(H,56,59)/b7-5-,13-11-,19-17-,20-18+,23-22-,26-25-,29-28-,32-31-,35-34-,42-40+,50-48+. The normalized spacial score (nSPS) is 14.2. The summed E-state index contributed by atoms with van der Waals surface area (Å²) >= 11 is 0. The first-order valence-corrected chi connectivity index (χ1v) is 23.9. The summed E-state index contributed by atoms with van der Waals surface area (Å²) in [5, 5.41) is 23.0. The molecule has 4 heteroatoms. The number of carbonyl (C=O) groups excluding carboxylic acids is 1. The molecule has 4 nitrogen and oxygen atoms in total. The van der Waals surface area contributed by atoms with Gasteiger partial charge in [0, 0.05) is 6.42 Å². The largest absolute Gasteiger partial charge is 0.394 e. The molecule has 3 N–H and O–H groups in total. The summed E-state index contributed by atoms with van der Waals surface area (Å²) in [7, 11) is 0. The van der Waals surface area contributed by atoms with Crippen LogP contribution in [0.25, 0.3) is 0 Å². The van der Waals surface area contributed by atoms with E-state index in [9.17, 15) is 15.0 Å². The Labute approximate surface area is 364 Å². The van der Waals surface area contributed by atoms with Crippen molar-refractivity contribution in [1.29, 1.82) is 0 Å². The smallest absolute Gasteiger partial charge is 0.220 e. The lowest BCUT2D eigenvalue weighted by Gasteiger charge is -2.19. The molecule has 2 unspecified atom stereocenters. The molecular weight excluding hydrogens is 723 g/mol. The summed E-state index contributed by atoms with van der Waals surface area (Å²) in [6.07, 6.45) is 77.1. The molecule has 0 fully saturated rings. The van der Waals surface area contributed by atoms with Crippen molar-refractivity contribution in [3.8, 4) is 0 Å². The highest BCUT2D eigenvalue weighted by Gasteiger charge is 2.17. The number of aliphatic hydroxyl groups excluding tert-OH is 2. The van der Waals surface area contributed by atoms with Gasteiger partial charge in [0.25, 0.3) is 0 Å². The van der Waals surface area contributed by atoms with E-state index in [0.717, 1.165) is 103 Å². The number of nitrogens with one attached hydrogen (secondary N) is 1. The number of hydrogen-bond acceptors (Lipinski definition) is 3. The Kier molecular flexibility index (Phi) is 46.0. The summed E-state index contributed by atoms with van der Waals surface area (Å²) in [6, 6.07) is -0.663. The van der Waals surface area contributed by atoms with Crippen molar-refractivity contribution in [1.82, 2.24) is 5.32 Å². The van der Waals surface area contributed by atoms with Crippen molar-refractivity contribution in [2.75, 3.05) is 6.61 Å². The molecule has 0 saturated heterocycles. The Hall–Kier alpha value is -3.47. The zero-order valence-electron chi connectivity index (χ0n) is 38.0. The first kappa shape index (κ1) is 55.5. The monoisotopic (exact) mass is 812 g/mol. The predicted octanol–water partition coefficient (Wildman–Crippen LogP) is 15.5. The fourth-order valence-electron chi connectivity index (χ4n) is 6.22. The second-order valence-electron chi connectivity index (χ2n) is 15.4. The number of unbranched alkanes of at least 4 members (excludes halogenated alkanes) is 14. The van der Waals surface area contributed by atoms with Crippen LogP contribution in [0.4, 0.5) is 0 Å². The molecule has 0 aliphatic rings. The van der Waals surface area contributed by atoms with Crippen molar-refractivity contribution in [2.45, 2.75) is 199 Å². The van der Waals surface area contributed by atoms with E-state index in [1.54, 1.807) is 6.08 Å². The van der Waals surface area contributed by atoms with Crippen molar-refractivity contribution >= 4 is 5.91 Å². The Balaban J connectivity index is 3.73. The average Bonchev–Trinajstić information content (AvgIpc) is 3.24. The van der Waals surface area contributed by atoms with Gasteiger partial charge in [0.2, 0.25) is 5.91 Å². The topological polar surface area (TPSA) is 69.6 Å². The van der Waals surface area contributed by atoms with Crippen LogP contribution in [-0.4, -0.2) is 34.9 Å². The van der Waals surface area contributed by atoms with Crippen LogP contribution in [0.1, 0.15) is 187 Å². The fraction of sp³-hybridized carbons (Fsp3) is 0.582. The van der Waals surface area contributed by atoms with Gasteiger partial charge in [-0.3, -0.25) is 4.79 Å². The molecular formula is C55H89NO3. The van der Waals surface area contributed by atoms with Gasteiger partial charge in [0.15, 0.2) is 0 Å². The van der Waals surface area contributed by atoms with E-state index in [-0.39, 0.29) is 12.5 Å². The SMILES string of the molecule is CC/C=C\C/C=C\C/C=C\C/C=C\C/C=C\C/C=C\C/C=C\C/C=C\CCCCCCCCC(=O)NC(CO)C(O)/C=C/CC/C=C/CC/C=C/CCCCCCCC. The Morgan fingerprint density at radius 3 is 1.19 bits per heavy atom. The molecule has 0 aromatic rings. The summed E-state index contributed by atoms with van der Waals surface area (Å²) in [6.45, 7) is 4.14. The molecule has 0 spiro atoms. The highest BCUT2D eigenvalue weighted by Crippen LogP contribution is 2.11. The molecule has 0 rings (SSSR count). The molecule has 0 aliphatic carbocycles. The number of amides is 1. The third-order valence-electron chi connectivity index (χ3n) is 9.85. The van der Waals surface area contributed by atoms with Crippen molar-refractivity contribution in [3.05, 3.63) is 134 Å². The van der Waals surface area contributed by atoms with Gasteiger partial charge in [-0.15, -0.1) is 0 Å². The van der Waals surface area contributed by atoms with E-state index in [0.29, 0.717) is 6.42 Å². The highest BCUT2D eigenvalue weighted by molar-refractivity contribution is 5.76. The third-order valence-corrected chi connectivity index (χ3v) is 9.85. The molecule has 0 saturated carbocycles. The van der Waals surface area contributed by atoms with Gasteiger partial charge >= 0.3 is 0 Å². The molecule has 0 aliphatic heterocycles. The second kappa shape index (κ2) is 48.9. The van der Waals surface area contributed by atoms with E-state index in [1.807, 2.05) is 6.08 Å². The van der Waals surface area contributed by atoms with E-state index in [4.69, 9.17) is 0 Å². The maximum absolute atomic E-state index is 12.4. The number of rotatable bonds is 41. The van der Waals surface area contributed by atoms with Gasteiger partial charge in [0.05, 0.1) is 18.8 Å². The first-order chi connectivity index (χ1) is 29.2.